The third-order valence-electron chi connectivity index (χ3n) is 3.95. The highest BCUT2D eigenvalue weighted by molar-refractivity contribution is 14.0. The van der Waals surface area contributed by atoms with Gasteiger partial charge in [-0.25, -0.2) is 0 Å². The van der Waals surface area contributed by atoms with E-state index in [4.69, 9.17) is 16.3 Å². The van der Waals surface area contributed by atoms with Crippen molar-refractivity contribution in [3.63, 3.8) is 0 Å². The molecule has 1 atom stereocenters. The van der Waals surface area contributed by atoms with Gasteiger partial charge in [-0.15, -0.1) is 34.2 Å². The van der Waals surface area contributed by atoms with Gasteiger partial charge in [-0.05, 0) is 24.6 Å². The van der Waals surface area contributed by atoms with Gasteiger partial charge in [-0.3, -0.25) is 4.99 Å². The first-order valence-electron chi connectivity index (χ1n) is 8.80. The lowest BCUT2D eigenvalue weighted by atomic mass is 10.1. The molecule has 0 radical (unpaired) electrons. The fraction of sp³-hybridized carbons (Fsp3) is 0.500. The number of methoxy groups -OCH3 is 1. The van der Waals surface area contributed by atoms with E-state index in [1.165, 1.54) is 0 Å². The minimum atomic E-state index is 0. The first-order valence-corrected chi connectivity index (χ1v) is 9.17. The predicted molar refractivity (Wildman–Crippen MR) is 120 cm³/mol. The molecule has 1 heterocycles. The molecule has 1 aromatic carbocycles. The molecule has 0 aliphatic carbocycles. The van der Waals surface area contributed by atoms with Crippen LogP contribution in [0.2, 0.25) is 5.02 Å². The van der Waals surface area contributed by atoms with Crippen LogP contribution < -0.4 is 10.6 Å². The van der Waals surface area contributed by atoms with E-state index in [-0.39, 0.29) is 30.0 Å². The van der Waals surface area contributed by atoms with Gasteiger partial charge in [0.1, 0.15) is 12.2 Å². The van der Waals surface area contributed by atoms with E-state index in [0.29, 0.717) is 13.2 Å². The number of guanidine groups is 1. The molecule has 2 N–H and O–H groups in total. The van der Waals surface area contributed by atoms with Crippen LogP contribution in [-0.2, 0) is 17.7 Å². The lowest BCUT2D eigenvalue weighted by molar-refractivity contribution is 0.208. The summed E-state index contributed by atoms with van der Waals surface area (Å²) in [6.07, 6.45) is 2.62. The zero-order valence-electron chi connectivity index (χ0n) is 16.0. The second-order valence-corrected chi connectivity index (χ2v) is 6.30. The second-order valence-electron chi connectivity index (χ2n) is 5.86. The van der Waals surface area contributed by atoms with E-state index in [0.717, 1.165) is 41.9 Å². The van der Waals surface area contributed by atoms with Crippen molar-refractivity contribution in [1.82, 2.24) is 25.4 Å². The Morgan fingerprint density at radius 3 is 2.74 bits per heavy atom. The maximum atomic E-state index is 5.97. The van der Waals surface area contributed by atoms with Crippen LogP contribution in [-0.4, -0.2) is 47.5 Å². The van der Waals surface area contributed by atoms with E-state index in [1.807, 2.05) is 28.8 Å². The fourth-order valence-electron chi connectivity index (χ4n) is 2.48. The Bertz CT molecular complexity index is 691. The van der Waals surface area contributed by atoms with Gasteiger partial charge < -0.3 is 19.9 Å². The third kappa shape index (κ3) is 8.02. The van der Waals surface area contributed by atoms with E-state index < -0.39 is 0 Å². The molecule has 0 saturated heterocycles. The Morgan fingerprint density at radius 2 is 2.07 bits per heavy atom. The fourth-order valence-corrected chi connectivity index (χ4v) is 2.60. The number of ether oxygens (including phenoxy) is 1. The van der Waals surface area contributed by atoms with Gasteiger partial charge >= 0.3 is 0 Å². The molecule has 0 spiro atoms. The lowest BCUT2D eigenvalue weighted by Gasteiger charge is -2.19. The molecule has 2 rings (SSSR count). The Kier molecular flexibility index (Phi) is 11.3. The number of aliphatic imine (C=N–C) groups is 1. The zero-order valence-corrected chi connectivity index (χ0v) is 19.1. The quantitative estimate of drug-likeness (QED) is 0.237. The average Bonchev–Trinajstić information content (AvgIpc) is 3.09. The summed E-state index contributed by atoms with van der Waals surface area (Å²) in [7, 11) is 1.67. The molecule has 1 unspecified atom stereocenters. The molecule has 2 aromatic rings. The van der Waals surface area contributed by atoms with Gasteiger partial charge in [0.25, 0.3) is 0 Å². The number of rotatable bonds is 9. The molecular formula is C18H28ClIN6O. The molecule has 0 aliphatic heterocycles. The molecular weight excluding hydrogens is 479 g/mol. The monoisotopic (exact) mass is 506 g/mol. The number of aryl methyl sites for hydroxylation is 1. The molecule has 7 nitrogen and oxygen atoms in total. The van der Waals surface area contributed by atoms with Crippen molar-refractivity contribution >= 4 is 41.5 Å². The standard InChI is InChI=1S/C18H27ClN6O.HI/c1-4-17-24-22-13-25(17)11-9-20-18(21-10-12-26-3)23-14(2)15-5-7-16(19)8-6-15;/h5-8,13-14H,4,9-12H2,1-3H3,(H2,20,21,23);1H. The third-order valence-corrected chi connectivity index (χ3v) is 4.20. The van der Waals surface area contributed by atoms with Crippen LogP contribution in [0.1, 0.15) is 31.3 Å². The van der Waals surface area contributed by atoms with Crippen molar-refractivity contribution in [3.8, 4) is 0 Å². The number of hydrogen-bond acceptors (Lipinski definition) is 4. The maximum Gasteiger partial charge on any atom is 0.191 e. The number of aromatic nitrogens is 3. The Labute approximate surface area is 183 Å². The Morgan fingerprint density at radius 1 is 1.33 bits per heavy atom. The normalized spacial score (nSPS) is 12.4. The van der Waals surface area contributed by atoms with Gasteiger partial charge in [0.15, 0.2) is 5.96 Å². The van der Waals surface area contributed by atoms with Crippen molar-refractivity contribution in [2.45, 2.75) is 32.9 Å². The summed E-state index contributed by atoms with van der Waals surface area (Å²) < 4.78 is 7.13. The summed E-state index contributed by atoms with van der Waals surface area (Å²) in [4.78, 5) is 4.56. The van der Waals surface area contributed by atoms with Gasteiger partial charge in [0, 0.05) is 31.6 Å². The maximum absolute atomic E-state index is 5.97. The lowest BCUT2D eigenvalue weighted by Crippen LogP contribution is -2.40. The summed E-state index contributed by atoms with van der Waals surface area (Å²) >= 11 is 5.97. The van der Waals surface area contributed by atoms with E-state index in [1.54, 1.807) is 13.4 Å². The number of hydrogen-bond donors (Lipinski definition) is 2. The largest absolute Gasteiger partial charge is 0.383 e. The summed E-state index contributed by atoms with van der Waals surface area (Å²) in [5, 5.41) is 15.6. The second kappa shape index (κ2) is 12.9. The van der Waals surface area contributed by atoms with Crippen LogP contribution in [0.4, 0.5) is 0 Å². The van der Waals surface area contributed by atoms with Gasteiger partial charge in [-0.1, -0.05) is 30.7 Å². The molecule has 0 fully saturated rings. The first-order chi connectivity index (χ1) is 12.6. The summed E-state index contributed by atoms with van der Waals surface area (Å²) in [5.41, 5.74) is 1.14. The highest BCUT2D eigenvalue weighted by Crippen LogP contribution is 2.15. The van der Waals surface area contributed by atoms with E-state index >= 15 is 0 Å². The molecule has 0 bridgehead atoms. The van der Waals surface area contributed by atoms with Gasteiger partial charge in [0.2, 0.25) is 0 Å². The summed E-state index contributed by atoms with van der Waals surface area (Å²) in [5.74, 6) is 1.72. The smallest absolute Gasteiger partial charge is 0.191 e. The number of benzene rings is 1. The molecule has 0 aliphatic rings. The molecule has 0 amide bonds. The molecule has 0 saturated carbocycles. The topological polar surface area (TPSA) is 76.4 Å². The van der Waals surface area contributed by atoms with Crippen LogP contribution in [0.25, 0.3) is 0 Å². The van der Waals surface area contributed by atoms with E-state index in [9.17, 15) is 0 Å². The van der Waals surface area contributed by atoms with Crippen LogP contribution in [0.3, 0.4) is 0 Å². The zero-order chi connectivity index (χ0) is 18.8. The van der Waals surface area contributed by atoms with Crippen molar-refractivity contribution in [2.24, 2.45) is 4.99 Å². The number of halogens is 2. The van der Waals surface area contributed by atoms with Crippen molar-refractivity contribution in [2.75, 3.05) is 26.8 Å². The molecule has 150 valence electrons. The predicted octanol–water partition coefficient (Wildman–Crippen LogP) is 3.05. The van der Waals surface area contributed by atoms with Crippen LogP contribution in [0.15, 0.2) is 35.6 Å². The minimum Gasteiger partial charge on any atom is -0.383 e. The van der Waals surface area contributed by atoms with Crippen LogP contribution >= 0.6 is 35.6 Å². The Hall–Kier alpha value is -1.39. The van der Waals surface area contributed by atoms with Crippen molar-refractivity contribution in [1.29, 1.82) is 0 Å². The molecule has 27 heavy (non-hydrogen) atoms. The number of nitrogens with zero attached hydrogens (tertiary/aromatic N) is 4. The van der Waals surface area contributed by atoms with E-state index in [2.05, 4.69) is 39.7 Å². The SMILES string of the molecule is CCc1nncn1CCNC(=NCCOC)NC(C)c1ccc(Cl)cc1.I. The van der Waals surface area contributed by atoms with Gasteiger partial charge in [0.05, 0.1) is 19.2 Å². The molecule has 9 heteroatoms. The highest BCUT2D eigenvalue weighted by Gasteiger charge is 2.08. The summed E-state index contributed by atoms with van der Waals surface area (Å²) in [6.45, 7) is 6.82. The first kappa shape index (κ1) is 23.6. The minimum absolute atomic E-state index is 0. The van der Waals surface area contributed by atoms with Crippen LogP contribution in [0, 0.1) is 0 Å². The van der Waals surface area contributed by atoms with Crippen molar-refractivity contribution < 1.29 is 4.74 Å². The highest BCUT2D eigenvalue weighted by atomic mass is 127. The Balaban J connectivity index is 0.00000364. The van der Waals surface area contributed by atoms with Crippen molar-refractivity contribution in [3.05, 3.63) is 47.0 Å². The van der Waals surface area contributed by atoms with Crippen LogP contribution in [0.5, 0.6) is 0 Å². The average molecular weight is 507 g/mol. The number of nitrogens with one attached hydrogen (secondary N) is 2. The molecule has 1 aromatic heterocycles. The summed E-state index contributed by atoms with van der Waals surface area (Å²) in [6, 6.07) is 7.90. The van der Waals surface area contributed by atoms with Gasteiger partial charge in [-0.2, -0.15) is 0 Å².